The number of fused-ring (bicyclic) bond motifs is 8. The summed E-state index contributed by atoms with van der Waals surface area (Å²) in [5.41, 5.74) is 11.9. The molecule has 0 saturated heterocycles. The van der Waals surface area contributed by atoms with E-state index >= 15 is 0 Å². The summed E-state index contributed by atoms with van der Waals surface area (Å²) in [7, 11) is 0. The van der Waals surface area contributed by atoms with E-state index in [0.717, 1.165) is 71.6 Å². The molecule has 5 aromatic rings. The third kappa shape index (κ3) is 4.81. The van der Waals surface area contributed by atoms with Gasteiger partial charge in [-0.1, -0.05) is 24.3 Å². The lowest BCUT2D eigenvalue weighted by molar-refractivity contribution is 1.25. The molecule has 2 aromatic carbocycles. The van der Waals surface area contributed by atoms with Crippen LogP contribution in [0, 0.1) is 7.14 Å². The number of benzene rings is 2. The SMILES string of the molecule is Brc1c2nc(c(-c3ccc(I)cc3)c3ccc(cc4ccc([nH]4)c(-c4ccc(I)cc4)c4nc1C=C4)[nH]3)C=C2. The van der Waals surface area contributed by atoms with Crippen molar-refractivity contribution in [2.24, 2.45) is 0 Å². The van der Waals surface area contributed by atoms with Gasteiger partial charge in [-0.05, 0) is 151 Å². The van der Waals surface area contributed by atoms with Crippen molar-refractivity contribution in [3.05, 3.63) is 113 Å². The Labute approximate surface area is 260 Å². The summed E-state index contributed by atoms with van der Waals surface area (Å²) >= 11 is 8.49. The van der Waals surface area contributed by atoms with E-state index < -0.39 is 0 Å². The molecule has 2 N–H and O–H groups in total. The summed E-state index contributed by atoms with van der Waals surface area (Å²) < 4.78 is 3.25. The highest BCUT2D eigenvalue weighted by Crippen LogP contribution is 2.35. The van der Waals surface area contributed by atoms with Crippen molar-refractivity contribution in [1.82, 2.24) is 19.9 Å². The molecule has 5 heterocycles. The molecule has 0 radical (unpaired) electrons. The van der Waals surface area contributed by atoms with E-state index in [1.165, 1.54) is 7.14 Å². The lowest BCUT2D eigenvalue weighted by atomic mass is 10.0. The average Bonchev–Trinajstić information content (AvgIpc) is 3.75. The second-order valence-corrected chi connectivity index (χ2v) is 12.6. The molecular formula is C32H19BrI2N4. The first-order valence-electron chi connectivity index (χ1n) is 12.3. The Morgan fingerprint density at radius 1 is 0.513 bits per heavy atom. The molecule has 7 rings (SSSR count). The molecule has 0 aliphatic carbocycles. The highest BCUT2D eigenvalue weighted by atomic mass is 127. The molecule has 7 heteroatoms. The van der Waals surface area contributed by atoms with Crippen LogP contribution >= 0.6 is 61.1 Å². The van der Waals surface area contributed by atoms with Crippen LogP contribution in [0.25, 0.3) is 68.6 Å². The molecule has 0 saturated carbocycles. The van der Waals surface area contributed by atoms with Crippen molar-refractivity contribution in [1.29, 1.82) is 0 Å². The standard InChI is InChI=1S/C32H19BrI2N4/c33-32-28-15-13-26(38-28)30(18-1-5-20(34)6-2-18)24-11-9-22(36-24)17-23-10-12-25(37-23)31(27-14-16-29(32)39-27)19-3-7-21(35)8-4-19/h1-17,36-37H. The van der Waals surface area contributed by atoms with Gasteiger partial charge in [-0.2, -0.15) is 0 Å². The fraction of sp³-hybridized carbons (Fsp3) is 0. The van der Waals surface area contributed by atoms with Gasteiger partial charge < -0.3 is 9.97 Å². The molecule has 0 unspecified atom stereocenters. The normalized spacial score (nSPS) is 12.3. The maximum absolute atomic E-state index is 5.06. The number of aromatic nitrogens is 4. The third-order valence-corrected chi connectivity index (χ3v) is 9.03. The van der Waals surface area contributed by atoms with Gasteiger partial charge in [0.25, 0.3) is 0 Å². The van der Waals surface area contributed by atoms with Gasteiger partial charge in [0.1, 0.15) is 0 Å². The Balaban J connectivity index is 1.59. The molecule has 2 aliphatic heterocycles. The van der Waals surface area contributed by atoms with Crippen LogP contribution < -0.4 is 0 Å². The van der Waals surface area contributed by atoms with Crippen LogP contribution in [0.4, 0.5) is 0 Å². The van der Waals surface area contributed by atoms with Crippen molar-refractivity contribution in [2.45, 2.75) is 0 Å². The van der Waals surface area contributed by atoms with E-state index in [2.05, 4.69) is 174 Å². The Morgan fingerprint density at radius 2 is 0.923 bits per heavy atom. The molecule has 0 atom stereocenters. The number of hydrogen-bond acceptors (Lipinski definition) is 2. The average molecular weight is 793 g/mol. The van der Waals surface area contributed by atoms with E-state index in [9.17, 15) is 0 Å². The van der Waals surface area contributed by atoms with Gasteiger partial charge in [-0.3, -0.25) is 0 Å². The van der Waals surface area contributed by atoms with Crippen molar-refractivity contribution in [3.63, 3.8) is 0 Å². The highest BCUT2D eigenvalue weighted by Gasteiger charge is 2.16. The predicted molar refractivity (Wildman–Crippen MR) is 183 cm³/mol. The third-order valence-electron chi connectivity index (χ3n) is 6.77. The van der Waals surface area contributed by atoms with E-state index in [1.807, 2.05) is 0 Å². The van der Waals surface area contributed by atoms with Gasteiger partial charge in [-0.25, -0.2) is 9.97 Å². The van der Waals surface area contributed by atoms with Gasteiger partial charge >= 0.3 is 0 Å². The van der Waals surface area contributed by atoms with Gasteiger partial charge in [0.15, 0.2) is 0 Å². The molecule has 3 aromatic heterocycles. The molecule has 2 aliphatic rings. The van der Waals surface area contributed by atoms with Gasteiger partial charge in [-0.15, -0.1) is 0 Å². The quantitative estimate of drug-likeness (QED) is 0.171. The van der Waals surface area contributed by atoms with Crippen molar-refractivity contribution >= 4 is 107 Å². The number of halogens is 3. The number of aromatic amines is 2. The van der Waals surface area contributed by atoms with Gasteiger partial charge in [0.2, 0.25) is 0 Å². The van der Waals surface area contributed by atoms with Crippen LogP contribution in [0.15, 0.2) is 83.3 Å². The molecule has 0 fully saturated rings. The van der Waals surface area contributed by atoms with Crippen LogP contribution in [-0.2, 0) is 0 Å². The van der Waals surface area contributed by atoms with Crippen LogP contribution in [0.1, 0.15) is 22.8 Å². The smallest absolute Gasteiger partial charge is 0.0801 e. The summed E-state index contributed by atoms with van der Waals surface area (Å²) in [6, 6.07) is 27.7. The Kier molecular flexibility index (Phi) is 6.52. The van der Waals surface area contributed by atoms with Crippen molar-refractivity contribution in [2.75, 3.05) is 0 Å². The summed E-state index contributed by atoms with van der Waals surface area (Å²) in [6.45, 7) is 0. The van der Waals surface area contributed by atoms with Crippen molar-refractivity contribution < 1.29 is 0 Å². The van der Waals surface area contributed by atoms with Gasteiger partial charge in [0, 0.05) is 40.3 Å². The first-order chi connectivity index (χ1) is 19.0. The molecule has 4 nitrogen and oxygen atoms in total. The second kappa shape index (κ2) is 10.2. The maximum atomic E-state index is 5.06. The number of H-pyrrole nitrogens is 2. The first-order valence-corrected chi connectivity index (χ1v) is 15.3. The largest absolute Gasteiger partial charge is 0.355 e. The molecule has 188 valence electrons. The zero-order valence-corrected chi connectivity index (χ0v) is 26.2. The van der Waals surface area contributed by atoms with Crippen LogP contribution in [0.2, 0.25) is 0 Å². The summed E-state index contributed by atoms with van der Waals surface area (Å²) in [5, 5.41) is 0. The minimum absolute atomic E-state index is 0.848. The number of nitrogens with zero attached hydrogens (tertiary/aromatic N) is 2. The fourth-order valence-electron chi connectivity index (χ4n) is 4.95. The highest BCUT2D eigenvalue weighted by molar-refractivity contribution is 14.1. The zero-order chi connectivity index (χ0) is 26.5. The lowest BCUT2D eigenvalue weighted by Crippen LogP contribution is -1.88. The van der Waals surface area contributed by atoms with Crippen LogP contribution in [0.5, 0.6) is 0 Å². The molecule has 39 heavy (non-hydrogen) atoms. The van der Waals surface area contributed by atoms with E-state index in [-0.39, 0.29) is 0 Å². The topological polar surface area (TPSA) is 57.4 Å². The van der Waals surface area contributed by atoms with Crippen molar-refractivity contribution in [3.8, 4) is 22.3 Å². The molecule has 0 spiro atoms. The fourth-order valence-corrected chi connectivity index (χ4v) is 6.11. The predicted octanol–water partition coefficient (Wildman–Crippen LogP) is 9.96. The van der Waals surface area contributed by atoms with Crippen LogP contribution in [0.3, 0.4) is 0 Å². The zero-order valence-electron chi connectivity index (χ0n) is 20.3. The minimum Gasteiger partial charge on any atom is -0.355 e. The Morgan fingerprint density at radius 3 is 1.36 bits per heavy atom. The van der Waals surface area contributed by atoms with E-state index in [0.29, 0.717) is 0 Å². The first kappa shape index (κ1) is 25.0. The number of rotatable bonds is 2. The lowest BCUT2D eigenvalue weighted by Gasteiger charge is -2.04. The van der Waals surface area contributed by atoms with E-state index in [1.54, 1.807) is 0 Å². The van der Waals surface area contributed by atoms with Crippen LogP contribution in [-0.4, -0.2) is 19.9 Å². The van der Waals surface area contributed by atoms with E-state index in [4.69, 9.17) is 9.97 Å². The molecular weight excluding hydrogens is 774 g/mol. The summed E-state index contributed by atoms with van der Waals surface area (Å²) in [4.78, 5) is 17.4. The summed E-state index contributed by atoms with van der Waals surface area (Å²) in [6.07, 6.45) is 8.26. The number of hydrogen-bond donors (Lipinski definition) is 2. The van der Waals surface area contributed by atoms with Gasteiger partial charge in [0.05, 0.1) is 27.2 Å². The monoisotopic (exact) mass is 792 g/mol. The number of nitrogens with one attached hydrogen (secondary N) is 2. The minimum atomic E-state index is 0.848. The summed E-state index contributed by atoms with van der Waals surface area (Å²) in [5.74, 6) is 0. The molecule has 0 amide bonds. The Bertz CT molecular complexity index is 1840. The molecule has 8 bridgehead atoms. The second-order valence-electron chi connectivity index (χ2n) is 9.31. The maximum Gasteiger partial charge on any atom is 0.0801 e. The Hall–Kier alpha value is -3.02.